The molecule has 0 aromatic carbocycles. The monoisotopic (exact) mass is 289 g/mol. The number of carbonyl (C=O) groups excluding carboxylic acids is 1. The van der Waals surface area contributed by atoms with Gasteiger partial charge < -0.3 is 15.0 Å². The number of nitrogens with zero attached hydrogens (tertiary/aromatic N) is 2. The van der Waals surface area contributed by atoms with Gasteiger partial charge in [-0.05, 0) is 25.0 Å². The molecule has 5 heteroatoms. The predicted molar refractivity (Wildman–Crippen MR) is 82.5 cm³/mol. The minimum absolute atomic E-state index is 0.149. The van der Waals surface area contributed by atoms with E-state index in [9.17, 15) is 4.79 Å². The van der Waals surface area contributed by atoms with E-state index in [1.807, 2.05) is 12.1 Å². The molecule has 5 nitrogen and oxygen atoms in total. The maximum Gasteiger partial charge on any atom is 0.227 e. The summed E-state index contributed by atoms with van der Waals surface area (Å²) >= 11 is 0. The van der Waals surface area contributed by atoms with Crippen molar-refractivity contribution < 1.29 is 9.53 Å². The molecular weight excluding hydrogens is 266 g/mol. The predicted octanol–water partition coefficient (Wildman–Crippen LogP) is 2.44. The Morgan fingerprint density at radius 1 is 1.19 bits per heavy atom. The molecular formula is C16H23N3O2. The second-order valence-corrected chi connectivity index (χ2v) is 5.83. The Bertz CT molecular complexity index is 463. The molecule has 21 heavy (non-hydrogen) atoms. The number of rotatable bonds is 3. The van der Waals surface area contributed by atoms with Gasteiger partial charge in [-0.15, -0.1) is 0 Å². The summed E-state index contributed by atoms with van der Waals surface area (Å²) in [7, 11) is 0. The normalized spacial score (nSPS) is 20.3. The van der Waals surface area contributed by atoms with Crippen molar-refractivity contribution in [1.29, 1.82) is 0 Å². The standard InChI is InChI=1S/C16H23N3O2/c20-16(13-4-2-1-3-5-13)18-14-6-7-15(17-12-14)19-8-10-21-11-9-19/h6-7,12-13H,1-5,8-11H2,(H,18,20). The van der Waals surface area contributed by atoms with Crippen molar-refractivity contribution in [3.8, 4) is 0 Å². The molecule has 0 atom stereocenters. The van der Waals surface area contributed by atoms with Crippen molar-refractivity contribution in [2.24, 2.45) is 5.92 Å². The van der Waals surface area contributed by atoms with Gasteiger partial charge in [0.1, 0.15) is 5.82 Å². The Kier molecular flexibility index (Phi) is 4.70. The number of hydrogen-bond donors (Lipinski definition) is 1. The third-order valence-corrected chi connectivity index (χ3v) is 4.33. The van der Waals surface area contributed by atoms with Crippen LogP contribution in [0, 0.1) is 5.92 Å². The van der Waals surface area contributed by atoms with E-state index in [2.05, 4.69) is 15.2 Å². The van der Waals surface area contributed by atoms with Gasteiger partial charge in [-0.3, -0.25) is 4.79 Å². The zero-order valence-electron chi connectivity index (χ0n) is 12.4. The highest BCUT2D eigenvalue weighted by Gasteiger charge is 2.21. The number of amides is 1. The van der Waals surface area contributed by atoms with E-state index in [0.29, 0.717) is 0 Å². The van der Waals surface area contributed by atoms with Crippen molar-refractivity contribution >= 4 is 17.4 Å². The number of nitrogens with one attached hydrogen (secondary N) is 1. The van der Waals surface area contributed by atoms with Crippen LogP contribution in [0.4, 0.5) is 11.5 Å². The van der Waals surface area contributed by atoms with Crippen LogP contribution in [0.2, 0.25) is 0 Å². The smallest absolute Gasteiger partial charge is 0.227 e. The van der Waals surface area contributed by atoms with E-state index in [1.165, 1.54) is 19.3 Å². The molecule has 1 saturated heterocycles. The van der Waals surface area contributed by atoms with Crippen LogP contribution < -0.4 is 10.2 Å². The van der Waals surface area contributed by atoms with E-state index in [4.69, 9.17) is 4.74 Å². The minimum Gasteiger partial charge on any atom is -0.378 e. The van der Waals surface area contributed by atoms with Crippen LogP contribution in [0.15, 0.2) is 18.3 Å². The summed E-state index contributed by atoms with van der Waals surface area (Å²) in [5.41, 5.74) is 0.794. The molecule has 2 fully saturated rings. The van der Waals surface area contributed by atoms with Crippen LogP contribution in [0.5, 0.6) is 0 Å². The van der Waals surface area contributed by atoms with Crippen molar-refractivity contribution in [1.82, 2.24) is 4.98 Å². The highest BCUT2D eigenvalue weighted by atomic mass is 16.5. The Balaban J connectivity index is 1.57. The molecule has 2 heterocycles. The molecule has 1 aliphatic heterocycles. The van der Waals surface area contributed by atoms with Crippen molar-refractivity contribution in [2.45, 2.75) is 32.1 Å². The summed E-state index contributed by atoms with van der Waals surface area (Å²) in [5, 5.41) is 3.00. The van der Waals surface area contributed by atoms with Gasteiger partial charge in [0.05, 0.1) is 25.1 Å². The lowest BCUT2D eigenvalue weighted by atomic mass is 9.88. The van der Waals surface area contributed by atoms with Gasteiger partial charge in [0.25, 0.3) is 0 Å². The van der Waals surface area contributed by atoms with Gasteiger partial charge >= 0.3 is 0 Å². The first kappa shape index (κ1) is 14.3. The molecule has 0 bridgehead atoms. The average Bonchev–Trinajstić information content (AvgIpc) is 2.57. The lowest BCUT2D eigenvalue weighted by Crippen LogP contribution is -2.36. The van der Waals surface area contributed by atoms with E-state index in [1.54, 1.807) is 6.20 Å². The van der Waals surface area contributed by atoms with Crippen LogP contribution in [0.25, 0.3) is 0 Å². The molecule has 1 aromatic rings. The molecule has 1 N–H and O–H groups in total. The first-order valence-corrected chi connectivity index (χ1v) is 7.92. The Morgan fingerprint density at radius 3 is 2.62 bits per heavy atom. The molecule has 0 spiro atoms. The van der Waals surface area contributed by atoms with Gasteiger partial charge in [0.15, 0.2) is 0 Å². The second-order valence-electron chi connectivity index (χ2n) is 5.83. The fraction of sp³-hybridized carbons (Fsp3) is 0.625. The maximum absolute atomic E-state index is 12.2. The zero-order chi connectivity index (χ0) is 14.5. The maximum atomic E-state index is 12.2. The largest absolute Gasteiger partial charge is 0.378 e. The Labute approximate surface area is 125 Å². The summed E-state index contributed by atoms with van der Waals surface area (Å²) in [5.74, 6) is 1.28. The molecule has 1 aromatic heterocycles. The number of ether oxygens (including phenoxy) is 1. The molecule has 1 aliphatic carbocycles. The first-order valence-electron chi connectivity index (χ1n) is 7.92. The van der Waals surface area contributed by atoms with Gasteiger partial charge in [-0.1, -0.05) is 19.3 Å². The Morgan fingerprint density at radius 2 is 1.95 bits per heavy atom. The van der Waals surface area contributed by atoms with Gasteiger partial charge in [0.2, 0.25) is 5.91 Å². The Hall–Kier alpha value is -1.62. The molecule has 0 radical (unpaired) electrons. The van der Waals surface area contributed by atoms with E-state index < -0.39 is 0 Å². The van der Waals surface area contributed by atoms with Gasteiger partial charge in [0, 0.05) is 19.0 Å². The van der Waals surface area contributed by atoms with Gasteiger partial charge in [-0.2, -0.15) is 0 Å². The van der Waals surface area contributed by atoms with E-state index in [0.717, 1.165) is 50.7 Å². The molecule has 114 valence electrons. The number of anilines is 2. The van der Waals surface area contributed by atoms with Crippen LogP contribution in [0.1, 0.15) is 32.1 Å². The number of pyridine rings is 1. The third kappa shape index (κ3) is 3.73. The lowest BCUT2D eigenvalue weighted by Gasteiger charge is -2.27. The molecule has 3 rings (SSSR count). The van der Waals surface area contributed by atoms with Crippen molar-refractivity contribution in [3.63, 3.8) is 0 Å². The second kappa shape index (κ2) is 6.89. The summed E-state index contributed by atoms with van der Waals surface area (Å²) in [6, 6.07) is 3.92. The fourth-order valence-corrected chi connectivity index (χ4v) is 3.05. The van der Waals surface area contributed by atoms with Crippen molar-refractivity contribution in [3.05, 3.63) is 18.3 Å². The van der Waals surface area contributed by atoms with Gasteiger partial charge in [-0.25, -0.2) is 4.98 Å². The topological polar surface area (TPSA) is 54.5 Å². The SMILES string of the molecule is O=C(Nc1ccc(N2CCOCC2)nc1)C1CCCCC1. The molecule has 2 aliphatic rings. The number of aromatic nitrogens is 1. The first-order chi connectivity index (χ1) is 10.3. The third-order valence-electron chi connectivity index (χ3n) is 4.33. The molecule has 1 saturated carbocycles. The van der Waals surface area contributed by atoms with E-state index >= 15 is 0 Å². The number of carbonyl (C=O) groups is 1. The lowest BCUT2D eigenvalue weighted by molar-refractivity contribution is -0.120. The average molecular weight is 289 g/mol. The fourth-order valence-electron chi connectivity index (χ4n) is 3.05. The summed E-state index contributed by atoms with van der Waals surface area (Å²) < 4.78 is 5.34. The quantitative estimate of drug-likeness (QED) is 0.928. The summed E-state index contributed by atoms with van der Waals surface area (Å²) in [6.07, 6.45) is 7.40. The number of hydrogen-bond acceptors (Lipinski definition) is 4. The number of morpholine rings is 1. The highest BCUT2D eigenvalue weighted by Crippen LogP contribution is 2.25. The van der Waals surface area contributed by atoms with Crippen LogP contribution in [0.3, 0.4) is 0 Å². The summed E-state index contributed by atoms with van der Waals surface area (Å²) in [4.78, 5) is 18.8. The van der Waals surface area contributed by atoms with E-state index in [-0.39, 0.29) is 11.8 Å². The zero-order valence-corrected chi connectivity index (χ0v) is 12.4. The summed E-state index contributed by atoms with van der Waals surface area (Å²) in [6.45, 7) is 3.26. The molecule has 0 unspecified atom stereocenters. The van der Waals surface area contributed by atoms with Crippen LogP contribution in [-0.2, 0) is 9.53 Å². The van der Waals surface area contributed by atoms with Crippen LogP contribution in [-0.4, -0.2) is 37.2 Å². The minimum atomic E-state index is 0.149. The highest BCUT2D eigenvalue weighted by molar-refractivity contribution is 5.92. The molecule has 1 amide bonds. The van der Waals surface area contributed by atoms with Crippen molar-refractivity contribution in [2.75, 3.05) is 36.5 Å². The van der Waals surface area contributed by atoms with Crippen LogP contribution >= 0.6 is 0 Å².